The van der Waals surface area contributed by atoms with E-state index in [1.54, 1.807) is 43.5 Å². The topological polar surface area (TPSA) is 109 Å². The number of piperidine rings is 1. The highest BCUT2D eigenvalue weighted by molar-refractivity contribution is 5.86. The zero-order valence-electron chi connectivity index (χ0n) is 18.0. The van der Waals surface area contributed by atoms with Crippen LogP contribution in [0.4, 0.5) is 0 Å². The number of ether oxygens (including phenoxy) is 2. The number of hydrogen-bond acceptors (Lipinski definition) is 7. The molecule has 2 N–H and O–H groups in total. The molecule has 2 heterocycles. The molecule has 0 unspecified atom stereocenters. The third kappa shape index (κ3) is 4.13. The fraction of sp³-hybridized carbons (Fsp3) is 0.333. The molecule has 2 aromatic carbocycles. The van der Waals surface area contributed by atoms with E-state index < -0.39 is 11.6 Å². The molecule has 0 radical (unpaired) electrons. The number of phenols is 1. The van der Waals surface area contributed by atoms with Crippen LogP contribution in [0.2, 0.25) is 0 Å². The summed E-state index contributed by atoms with van der Waals surface area (Å²) < 4.78 is 16.3. The van der Waals surface area contributed by atoms with Gasteiger partial charge in [-0.1, -0.05) is 6.07 Å². The second-order valence-corrected chi connectivity index (χ2v) is 7.89. The Morgan fingerprint density at radius 3 is 2.47 bits per heavy atom. The van der Waals surface area contributed by atoms with Crippen LogP contribution in [0, 0.1) is 5.92 Å². The summed E-state index contributed by atoms with van der Waals surface area (Å²) in [5.41, 5.74) is 1.33. The minimum atomic E-state index is -0.772. The molecule has 8 nitrogen and oxygen atoms in total. The predicted octanol–water partition coefficient (Wildman–Crippen LogP) is 3.48. The number of rotatable bonds is 6. The summed E-state index contributed by atoms with van der Waals surface area (Å²) in [4.78, 5) is 26.1. The average Bonchev–Trinajstić information content (AvgIpc) is 2.80. The lowest BCUT2D eigenvalue weighted by Gasteiger charge is -2.30. The number of fused-ring (bicyclic) bond motifs is 1. The summed E-state index contributed by atoms with van der Waals surface area (Å²) in [5, 5.41) is 20.3. The Morgan fingerprint density at radius 1 is 1.09 bits per heavy atom. The molecule has 0 amide bonds. The molecule has 1 aromatic heterocycles. The average molecular weight is 439 g/mol. The van der Waals surface area contributed by atoms with Gasteiger partial charge in [0.15, 0.2) is 11.5 Å². The van der Waals surface area contributed by atoms with Crippen LogP contribution in [-0.2, 0) is 11.3 Å². The van der Waals surface area contributed by atoms with Crippen molar-refractivity contribution in [2.45, 2.75) is 19.4 Å². The Morgan fingerprint density at radius 2 is 1.81 bits per heavy atom. The van der Waals surface area contributed by atoms with E-state index in [1.807, 2.05) is 0 Å². The molecular weight excluding hydrogens is 414 g/mol. The summed E-state index contributed by atoms with van der Waals surface area (Å²) >= 11 is 0. The minimum absolute atomic E-state index is 0.0416. The van der Waals surface area contributed by atoms with Gasteiger partial charge in [-0.3, -0.25) is 9.69 Å². The van der Waals surface area contributed by atoms with Gasteiger partial charge in [-0.05, 0) is 61.8 Å². The van der Waals surface area contributed by atoms with Crippen molar-refractivity contribution >= 4 is 16.9 Å². The first-order valence-electron chi connectivity index (χ1n) is 10.4. The number of nitrogens with zero attached hydrogens (tertiary/aromatic N) is 1. The Bertz CT molecular complexity index is 1210. The number of hydrogen-bond donors (Lipinski definition) is 2. The quantitative estimate of drug-likeness (QED) is 0.562. The zero-order chi connectivity index (χ0) is 22.8. The number of aromatic hydroxyl groups is 1. The van der Waals surface area contributed by atoms with Gasteiger partial charge in [-0.2, -0.15) is 0 Å². The van der Waals surface area contributed by atoms with Crippen molar-refractivity contribution in [3.05, 3.63) is 52.4 Å². The summed E-state index contributed by atoms with van der Waals surface area (Å²) in [5.74, 6) is -0.0125. The van der Waals surface area contributed by atoms with Crippen molar-refractivity contribution in [1.82, 2.24) is 4.90 Å². The summed E-state index contributed by atoms with van der Waals surface area (Å²) in [6.07, 6.45) is 1.10. The van der Waals surface area contributed by atoms with Gasteiger partial charge >= 0.3 is 11.6 Å². The maximum Gasteiger partial charge on any atom is 0.344 e. The molecule has 32 heavy (non-hydrogen) atoms. The number of methoxy groups -OCH3 is 2. The van der Waals surface area contributed by atoms with Crippen LogP contribution in [0.15, 0.2) is 45.6 Å². The molecule has 0 atom stereocenters. The molecule has 3 aromatic rings. The Kier molecular flexibility index (Phi) is 6.05. The molecule has 1 fully saturated rings. The third-order valence-electron chi connectivity index (χ3n) is 5.99. The van der Waals surface area contributed by atoms with Gasteiger partial charge in [0.2, 0.25) is 0 Å². The van der Waals surface area contributed by atoms with Crippen LogP contribution >= 0.6 is 0 Å². The molecular formula is C24H25NO7. The second kappa shape index (κ2) is 8.92. The highest BCUT2D eigenvalue weighted by Gasteiger charge is 2.26. The first-order chi connectivity index (χ1) is 15.4. The number of phenolic OH excluding ortho intramolecular Hbond substituents is 1. The number of carboxylic acid groups (broad SMARTS) is 1. The Labute approximate surface area is 184 Å². The molecule has 8 heteroatoms. The summed E-state index contributed by atoms with van der Waals surface area (Å²) in [6.45, 7) is 1.57. The molecule has 1 aliphatic rings. The third-order valence-corrected chi connectivity index (χ3v) is 5.99. The van der Waals surface area contributed by atoms with Gasteiger partial charge < -0.3 is 24.1 Å². The van der Waals surface area contributed by atoms with E-state index in [4.69, 9.17) is 13.9 Å². The highest BCUT2D eigenvalue weighted by atomic mass is 16.5. The monoisotopic (exact) mass is 439 g/mol. The first kappa shape index (κ1) is 21.7. The van der Waals surface area contributed by atoms with Gasteiger partial charge in [0, 0.05) is 11.9 Å². The molecule has 0 spiro atoms. The summed E-state index contributed by atoms with van der Waals surface area (Å²) in [6, 6.07) is 10.2. The standard InChI is InChI=1S/C24H25NO7/c1-30-20-6-4-15(12-21(20)31-2)17-11-16-3-5-19(26)18(22(16)32-24(17)29)13-25-9-7-14(8-10-25)23(27)28/h3-6,11-12,14,26H,7-10,13H2,1-2H3,(H,27,28). The number of likely N-dealkylation sites (tertiary alicyclic amines) is 1. The second-order valence-electron chi connectivity index (χ2n) is 7.89. The maximum absolute atomic E-state index is 12.9. The largest absolute Gasteiger partial charge is 0.507 e. The number of carboxylic acids is 1. The van der Waals surface area contributed by atoms with Gasteiger partial charge in [0.25, 0.3) is 0 Å². The van der Waals surface area contributed by atoms with Crippen LogP contribution in [-0.4, -0.2) is 48.4 Å². The van der Waals surface area contributed by atoms with Crippen molar-refractivity contribution in [2.75, 3.05) is 27.3 Å². The van der Waals surface area contributed by atoms with Gasteiger partial charge in [-0.25, -0.2) is 4.79 Å². The van der Waals surface area contributed by atoms with Crippen LogP contribution in [0.5, 0.6) is 17.2 Å². The van der Waals surface area contributed by atoms with Gasteiger partial charge in [0.1, 0.15) is 11.3 Å². The van der Waals surface area contributed by atoms with Crippen molar-refractivity contribution in [2.24, 2.45) is 5.92 Å². The van der Waals surface area contributed by atoms with E-state index in [0.717, 1.165) is 0 Å². The van der Waals surface area contributed by atoms with Crippen molar-refractivity contribution in [1.29, 1.82) is 0 Å². The fourth-order valence-corrected chi connectivity index (χ4v) is 4.15. The zero-order valence-corrected chi connectivity index (χ0v) is 18.0. The van der Waals surface area contributed by atoms with E-state index in [2.05, 4.69) is 4.90 Å². The van der Waals surface area contributed by atoms with Gasteiger partial charge in [0.05, 0.1) is 31.3 Å². The molecule has 1 aliphatic heterocycles. The SMILES string of the molecule is COc1ccc(-c2cc3ccc(O)c(CN4CCC(C(=O)O)CC4)c3oc2=O)cc1OC. The summed E-state index contributed by atoms with van der Waals surface area (Å²) in [7, 11) is 3.07. The van der Waals surface area contributed by atoms with E-state index in [0.29, 0.717) is 71.6 Å². The molecule has 0 saturated carbocycles. The highest BCUT2D eigenvalue weighted by Crippen LogP contribution is 2.34. The van der Waals surface area contributed by atoms with Crippen molar-refractivity contribution < 1.29 is 28.9 Å². The smallest absolute Gasteiger partial charge is 0.344 e. The van der Waals surface area contributed by atoms with E-state index in [1.165, 1.54) is 7.11 Å². The first-order valence-corrected chi connectivity index (χ1v) is 10.4. The van der Waals surface area contributed by atoms with Crippen molar-refractivity contribution in [3.63, 3.8) is 0 Å². The normalized spacial score (nSPS) is 15.1. The molecule has 4 rings (SSSR count). The lowest BCUT2D eigenvalue weighted by Crippen LogP contribution is -2.35. The van der Waals surface area contributed by atoms with Crippen LogP contribution < -0.4 is 15.1 Å². The molecule has 1 saturated heterocycles. The molecule has 0 aliphatic carbocycles. The van der Waals surface area contributed by atoms with E-state index >= 15 is 0 Å². The lowest BCUT2D eigenvalue weighted by atomic mass is 9.96. The van der Waals surface area contributed by atoms with E-state index in [9.17, 15) is 19.8 Å². The number of benzene rings is 2. The molecule has 0 bridgehead atoms. The Balaban J connectivity index is 1.69. The minimum Gasteiger partial charge on any atom is -0.507 e. The lowest BCUT2D eigenvalue weighted by molar-refractivity contribution is -0.143. The maximum atomic E-state index is 12.9. The van der Waals surface area contributed by atoms with Crippen LogP contribution in [0.1, 0.15) is 18.4 Å². The van der Waals surface area contributed by atoms with Crippen molar-refractivity contribution in [3.8, 4) is 28.4 Å². The fourth-order valence-electron chi connectivity index (χ4n) is 4.15. The number of carbonyl (C=O) groups is 1. The predicted molar refractivity (Wildman–Crippen MR) is 118 cm³/mol. The van der Waals surface area contributed by atoms with Crippen LogP contribution in [0.25, 0.3) is 22.1 Å². The van der Waals surface area contributed by atoms with E-state index in [-0.39, 0.29) is 11.7 Å². The van der Waals surface area contributed by atoms with Crippen LogP contribution in [0.3, 0.4) is 0 Å². The Hall–Kier alpha value is -3.52. The molecule has 168 valence electrons. The number of aliphatic carboxylic acids is 1. The van der Waals surface area contributed by atoms with Gasteiger partial charge in [-0.15, -0.1) is 0 Å².